The Morgan fingerprint density at radius 3 is 2.57 bits per heavy atom. The second-order valence-corrected chi connectivity index (χ2v) is 11.6. The summed E-state index contributed by atoms with van der Waals surface area (Å²) < 4.78 is 54.4. The van der Waals surface area contributed by atoms with Crippen LogP contribution in [0.5, 0.6) is 0 Å². The van der Waals surface area contributed by atoms with E-state index in [0.29, 0.717) is 36.1 Å². The number of nitrogens with two attached hydrogens (primary N) is 2. The number of nitrogens with zero attached hydrogens (tertiary/aromatic N) is 5. The van der Waals surface area contributed by atoms with Crippen molar-refractivity contribution >= 4 is 37.0 Å². The zero-order chi connectivity index (χ0) is 25.0. The number of aromatic nitrogens is 6. The third-order valence-corrected chi connectivity index (χ3v) is 9.08. The lowest BCUT2D eigenvalue weighted by Gasteiger charge is -2.25. The lowest BCUT2D eigenvalue weighted by atomic mass is 9.98. The van der Waals surface area contributed by atoms with Crippen LogP contribution in [0, 0.1) is 0 Å². The summed E-state index contributed by atoms with van der Waals surface area (Å²) in [6, 6.07) is 7.52. The maximum atomic E-state index is 13.7. The second kappa shape index (κ2) is 8.35. The largest absolute Gasteiger partial charge is 0.369 e. The Balaban J connectivity index is 1.85. The van der Waals surface area contributed by atoms with Crippen molar-refractivity contribution in [1.29, 1.82) is 0 Å². The zero-order valence-electron chi connectivity index (χ0n) is 18.4. The van der Waals surface area contributed by atoms with Gasteiger partial charge in [-0.25, -0.2) is 27.0 Å². The standard InChI is InChI=1S/C19H22N10O4S2/c1-29(10-7-8-22-9-10)35(32,33)14-6-5-11(12-3-2-4-13-16(12)24-19(20)23-13)15(17(14)34(21,30)31)18-25-27-28-26-18/h2-6,10,22H,7-9H2,1H3,(H3,20,23,24)(H2,21,30,31)(H,25,26,27,28). The molecular formula is C19H22N10O4S2. The van der Waals surface area contributed by atoms with Gasteiger partial charge in [0, 0.05) is 25.2 Å². The molecule has 16 heteroatoms. The van der Waals surface area contributed by atoms with Crippen LogP contribution in [0.2, 0.25) is 0 Å². The molecule has 0 spiro atoms. The van der Waals surface area contributed by atoms with Crippen LogP contribution in [-0.2, 0) is 20.0 Å². The smallest absolute Gasteiger partial charge is 0.244 e. The first-order valence-corrected chi connectivity index (χ1v) is 13.4. The number of nitrogen functional groups attached to an aromatic ring is 1. The fourth-order valence-electron chi connectivity index (χ4n) is 4.33. The van der Waals surface area contributed by atoms with E-state index < -0.39 is 29.8 Å². The van der Waals surface area contributed by atoms with Crippen molar-refractivity contribution in [2.45, 2.75) is 22.3 Å². The lowest BCUT2D eigenvalue weighted by molar-refractivity contribution is 0.386. The summed E-state index contributed by atoms with van der Waals surface area (Å²) in [7, 11) is -7.47. The molecule has 3 heterocycles. The molecule has 1 aliphatic heterocycles. The normalized spacial score (nSPS) is 16.9. The quantitative estimate of drug-likeness (QED) is 0.223. The van der Waals surface area contributed by atoms with E-state index in [-0.39, 0.29) is 28.9 Å². The number of aromatic amines is 2. The molecule has 0 saturated carbocycles. The van der Waals surface area contributed by atoms with Crippen molar-refractivity contribution in [3.05, 3.63) is 30.3 Å². The van der Waals surface area contributed by atoms with Gasteiger partial charge in [0.15, 0.2) is 5.95 Å². The number of benzene rings is 2. The number of fused-ring (bicyclic) bond motifs is 1. The van der Waals surface area contributed by atoms with Crippen LogP contribution < -0.4 is 16.2 Å². The molecule has 2 aromatic carbocycles. The van der Waals surface area contributed by atoms with Gasteiger partial charge in [-0.3, -0.25) is 0 Å². The summed E-state index contributed by atoms with van der Waals surface area (Å²) >= 11 is 0. The molecule has 0 bridgehead atoms. The molecule has 1 fully saturated rings. The SMILES string of the molecule is CN(C1CCNC1)S(=O)(=O)c1ccc(-c2cccc3[nH]c(N)nc23)c(-c2nn[nH]n2)c1S(N)(=O)=O. The van der Waals surface area contributed by atoms with Crippen molar-refractivity contribution < 1.29 is 16.8 Å². The second-order valence-electron chi connectivity index (χ2n) is 8.09. The minimum Gasteiger partial charge on any atom is -0.369 e. The number of sulfonamides is 2. The molecule has 5 rings (SSSR count). The van der Waals surface area contributed by atoms with Crippen molar-refractivity contribution in [3.8, 4) is 22.5 Å². The first-order valence-electron chi connectivity index (χ1n) is 10.5. The van der Waals surface area contributed by atoms with Crippen LogP contribution in [0.15, 0.2) is 40.1 Å². The first-order chi connectivity index (χ1) is 16.6. The Bertz CT molecular complexity index is 1630. The number of tetrazole rings is 1. The van der Waals surface area contributed by atoms with Crippen molar-refractivity contribution in [3.63, 3.8) is 0 Å². The molecule has 7 N–H and O–H groups in total. The van der Waals surface area contributed by atoms with E-state index in [1.165, 1.54) is 19.2 Å². The molecule has 2 aromatic heterocycles. The highest BCUT2D eigenvalue weighted by molar-refractivity contribution is 7.92. The van der Waals surface area contributed by atoms with Crippen LogP contribution in [0.4, 0.5) is 5.95 Å². The van der Waals surface area contributed by atoms with Gasteiger partial charge in [-0.1, -0.05) is 18.2 Å². The van der Waals surface area contributed by atoms with Gasteiger partial charge in [-0.05, 0) is 35.9 Å². The first kappa shape index (κ1) is 23.3. The number of H-pyrrole nitrogens is 2. The Hall–Kier alpha value is -3.44. The molecule has 1 aliphatic rings. The van der Waals surface area contributed by atoms with Crippen molar-refractivity contribution in [2.75, 3.05) is 25.9 Å². The number of primary sulfonamides is 1. The van der Waals surface area contributed by atoms with E-state index in [9.17, 15) is 16.8 Å². The minimum atomic E-state index is -4.60. The van der Waals surface area contributed by atoms with Crippen molar-refractivity contribution in [2.24, 2.45) is 5.14 Å². The van der Waals surface area contributed by atoms with Gasteiger partial charge >= 0.3 is 0 Å². The summed E-state index contributed by atoms with van der Waals surface area (Å²) in [5, 5.41) is 22.4. The summed E-state index contributed by atoms with van der Waals surface area (Å²) in [4.78, 5) is 6.10. The van der Waals surface area contributed by atoms with E-state index in [2.05, 4.69) is 35.9 Å². The van der Waals surface area contributed by atoms with Gasteiger partial charge in [-0.2, -0.15) is 9.52 Å². The minimum absolute atomic E-state index is 0.116. The molecule has 184 valence electrons. The molecule has 1 atom stereocenters. The maximum Gasteiger partial charge on any atom is 0.244 e. The van der Waals surface area contributed by atoms with Gasteiger partial charge in [0.25, 0.3) is 0 Å². The predicted octanol–water partition coefficient (Wildman–Crippen LogP) is -0.378. The van der Waals surface area contributed by atoms with Gasteiger partial charge in [0.1, 0.15) is 9.79 Å². The monoisotopic (exact) mass is 518 g/mol. The number of hydrogen-bond acceptors (Lipinski definition) is 10. The fourth-order valence-corrected chi connectivity index (χ4v) is 7.29. The van der Waals surface area contributed by atoms with Crippen LogP contribution in [0.1, 0.15) is 6.42 Å². The molecule has 0 radical (unpaired) electrons. The molecule has 1 saturated heterocycles. The van der Waals surface area contributed by atoms with Gasteiger partial charge < -0.3 is 16.0 Å². The number of hydrogen-bond donors (Lipinski definition) is 5. The summed E-state index contributed by atoms with van der Waals surface area (Å²) in [5.74, 6) is 0.0120. The van der Waals surface area contributed by atoms with E-state index in [1.807, 2.05) is 0 Å². The Labute approximate surface area is 200 Å². The van der Waals surface area contributed by atoms with Crippen LogP contribution in [0.3, 0.4) is 0 Å². The third-order valence-electron chi connectivity index (χ3n) is 6.00. The van der Waals surface area contributed by atoms with Gasteiger partial charge in [0.05, 0.1) is 16.6 Å². The molecule has 14 nitrogen and oxygen atoms in total. The number of likely N-dealkylation sites (N-methyl/N-ethyl adjacent to an activating group) is 1. The molecule has 4 aromatic rings. The van der Waals surface area contributed by atoms with Crippen LogP contribution in [0.25, 0.3) is 33.5 Å². The van der Waals surface area contributed by atoms with Crippen LogP contribution >= 0.6 is 0 Å². The number of para-hydroxylation sites is 1. The highest BCUT2D eigenvalue weighted by Gasteiger charge is 2.37. The molecule has 35 heavy (non-hydrogen) atoms. The van der Waals surface area contributed by atoms with E-state index >= 15 is 0 Å². The summed E-state index contributed by atoms with van der Waals surface area (Å²) in [5.41, 5.74) is 7.52. The fraction of sp³-hybridized carbons (Fsp3) is 0.263. The highest BCUT2D eigenvalue weighted by Crippen LogP contribution is 2.41. The lowest BCUT2D eigenvalue weighted by Crippen LogP contribution is -2.39. The van der Waals surface area contributed by atoms with Gasteiger partial charge in [0.2, 0.25) is 25.9 Å². The zero-order valence-corrected chi connectivity index (χ0v) is 20.1. The summed E-state index contributed by atoms with van der Waals surface area (Å²) in [6.45, 7) is 1.09. The molecular weight excluding hydrogens is 496 g/mol. The van der Waals surface area contributed by atoms with Crippen molar-refractivity contribution in [1.82, 2.24) is 40.2 Å². The number of imidazole rings is 1. The predicted molar refractivity (Wildman–Crippen MR) is 127 cm³/mol. The third kappa shape index (κ3) is 3.94. The molecule has 0 amide bonds. The number of anilines is 1. The van der Waals surface area contributed by atoms with E-state index in [1.54, 1.807) is 18.2 Å². The average Bonchev–Trinajstić information content (AvgIpc) is 3.58. The maximum absolute atomic E-state index is 13.7. The highest BCUT2D eigenvalue weighted by atomic mass is 32.2. The molecule has 0 aliphatic carbocycles. The average molecular weight is 519 g/mol. The number of nitrogens with one attached hydrogen (secondary N) is 3. The van der Waals surface area contributed by atoms with E-state index in [0.717, 1.165) is 4.31 Å². The number of rotatable bonds is 6. The Kier molecular flexibility index (Phi) is 5.56. The van der Waals surface area contributed by atoms with Crippen LogP contribution in [-0.4, -0.2) is 77.9 Å². The van der Waals surface area contributed by atoms with Gasteiger partial charge in [-0.15, -0.1) is 10.2 Å². The molecule has 1 unspecified atom stereocenters. The Morgan fingerprint density at radius 1 is 1.11 bits per heavy atom. The Morgan fingerprint density at radius 2 is 1.91 bits per heavy atom. The van der Waals surface area contributed by atoms with E-state index in [4.69, 9.17) is 10.9 Å². The topological polar surface area (TPSA) is 219 Å². The summed E-state index contributed by atoms with van der Waals surface area (Å²) in [6.07, 6.45) is 0.582.